The van der Waals surface area contributed by atoms with Gasteiger partial charge in [0, 0.05) is 14.0 Å². The molecule has 47 heavy (non-hydrogen) atoms. The Hall–Kier alpha value is -1.37. The Balaban J connectivity index is 1.55. The molecule has 0 radical (unpaired) electrons. The molecule has 0 unspecified atom stereocenters. The number of methoxy groups -OCH3 is 1. The molecule has 0 aromatic heterocycles. The van der Waals surface area contributed by atoms with E-state index in [2.05, 4.69) is 46.5 Å². The normalized spacial score (nSPS) is 45.6. The van der Waals surface area contributed by atoms with Gasteiger partial charge in [-0.05, 0) is 97.4 Å². The molecule has 4 fully saturated rings. The third kappa shape index (κ3) is 6.51. The molecule has 0 bridgehead atoms. The summed E-state index contributed by atoms with van der Waals surface area (Å²) >= 11 is 0. The second-order valence-corrected chi connectivity index (χ2v) is 16.3. The van der Waals surface area contributed by atoms with Gasteiger partial charge in [0.15, 0.2) is 6.29 Å². The first-order valence-electron chi connectivity index (χ1n) is 17.9. The monoisotopic (exact) mass is 663 g/mol. The minimum absolute atomic E-state index is 0.0143. The van der Waals surface area contributed by atoms with Crippen molar-refractivity contribution in [3.05, 3.63) is 23.3 Å². The highest BCUT2D eigenvalue weighted by molar-refractivity contribution is 5.73. The average Bonchev–Trinajstić information content (AvgIpc) is 3.31. The fourth-order valence-electron chi connectivity index (χ4n) is 10.6. The molecule has 15 atom stereocenters. The van der Waals surface area contributed by atoms with Crippen LogP contribution in [-0.2, 0) is 19.0 Å². The van der Waals surface area contributed by atoms with Crippen molar-refractivity contribution in [1.29, 1.82) is 0 Å². The lowest BCUT2D eigenvalue weighted by Gasteiger charge is -2.59. The number of hydrogen-bond donors (Lipinski definition) is 6. The zero-order chi connectivity index (χ0) is 34.6. The Morgan fingerprint density at radius 1 is 1.11 bits per heavy atom. The fourth-order valence-corrected chi connectivity index (χ4v) is 10.6. The summed E-state index contributed by atoms with van der Waals surface area (Å²) in [6.07, 6.45) is -0.670. The van der Waals surface area contributed by atoms with E-state index >= 15 is 0 Å². The van der Waals surface area contributed by atoms with Crippen molar-refractivity contribution < 1.29 is 44.5 Å². The number of carbonyl (C=O) groups is 1. The van der Waals surface area contributed by atoms with Crippen LogP contribution in [0.15, 0.2) is 23.3 Å². The molecule has 1 amide bonds. The molecule has 0 spiro atoms. The first kappa shape index (κ1) is 36.9. The SMILES string of the molecule is C=C(CC[C@@H](C)[C@H]1[C@H](O[C@@H]2O[C@H](CO)[C@@H](OC)[C@H](O)[C@H]2NC(C)=O)CC2=C3[C@@H](O)[C@@H](O)[C@H]4C[C@H](O)CC[C@]4(C)[C@H]3CC[C@@]21C)C(C)C. The number of nitrogens with one attached hydrogen (secondary N) is 1. The molecule has 10 nitrogen and oxygen atoms in total. The number of aliphatic hydroxyl groups is 5. The van der Waals surface area contributed by atoms with E-state index in [9.17, 15) is 30.3 Å². The van der Waals surface area contributed by atoms with E-state index in [0.717, 1.165) is 43.3 Å². The van der Waals surface area contributed by atoms with E-state index < -0.39 is 55.6 Å². The largest absolute Gasteiger partial charge is 0.394 e. The van der Waals surface area contributed by atoms with E-state index in [4.69, 9.17) is 14.2 Å². The highest BCUT2D eigenvalue weighted by Gasteiger charge is 2.63. The summed E-state index contributed by atoms with van der Waals surface area (Å²) in [6, 6.07) is -0.923. The number of carbonyl (C=O) groups excluding carboxylic acids is 1. The van der Waals surface area contributed by atoms with Crippen molar-refractivity contribution >= 4 is 5.91 Å². The molecule has 4 aliphatic carbocycles. The molecule has 268 valence electrons. The topological polar surface area (TPSA) is 158 Å². The number of ether oxygens (including phenoxy) is 3. The molecule has 10 heteroatoms. The Morgan fingerprint density at radius 2 is 1.81 bits per heavy atom. The van der Waals surface area contributed by atoms with E-state index in [1.54, 1.807) is 0 Å². The number of amides is 1. The minimum Gasteiger partial charge on any atom is -0.394 e. The first-order valence-corrected chi connectivity index (χ1v) is 17.9. The molecule has 0 aromatic rings. The average molecular weight is 664 g/mol. The first-order chi connectivity index (χ1) is 22.1. The number of rotatable bonds is 10. The maximum Gasteiger partial charge on any atom is 0.217 e. The minimum atomic E-state index is -1.18. The summed E-state index contributed by atoms with van der Waals surface area (Å²) in [6.45, 7) is 16.4. The Morgan fingerprint density at radius 3 is 2.43 bits per heavy atom. The van der Waals surface area contributed by atoms with E-state index in [-0.39, 0.29) is 46.5 Å². The maximum absolute atomic E-state index is 12.3. The number of fused-ring (bicyclic) bond motifs is 4. The third-order valence-corrected chi connectivity index (χ3v) is 13.3. The zero-order valence-electron chi connectivity index (χ0n) is 29.5. The van der Waals surface area contributed by atoms with Gasteiger partial charge in [0.05, 0.1) is 24.9 Å². The predicted molar refractivity (Wildman–Crippen MR) is 177 cm³/mol. The molecule has 5 rings (SSSR count). The molecule has 1 heterocycles. The Bertz CT molecular complexity index is 1190. The summed E-state index contributed by atoms with van der Waals surface area (Å²) < 4.78 is 18.6. The summed E-state index contributed by atoms with van der Waals surface area (Å²) in [5.41, 5.74) is 2.75. The van der Waals surface area contributed by atoms with Gasteiger partial charge < -0.3 is 45.1 Å². The molecular weight excluding hydrogens is 602 g/mol. The maximum atomic E-state index is 12.3. The molecule has 6 N–H and O–H groups in total. The number of aliphatic hydroxyl groups excluding tert-OH is 5. The van der Waals surface area contributed by atoms with Crippen LogP contribution in [0.4, 0.5) is 0 Å². The van der Waals surface area contributed by atoms with Gasteiger partial charge in [0.1, 0.15) is 30.5 Å². The second-order valence-electron chi connectivity index (χ2n) is 16.3. The summed E-state index contributed by atoms with van der Waals surface area (Å²) in [5.74, 6) is 0.160. The Labute approximate surface area is 280 Å². The molecule has 3 saturated carbocycles. The standard InChI is InChI=1S/C37H61NO9/c1-18(2)19(3)9-10-20(4)29-26(46-35-30(38-21(5)40)33(44)34(45-8)27(17-39)47-35)16-24-28-23(12-14-37(24,29)7)36(6)13-11-22(41)15-25(36)31(42)32(28)43/h18,20,22-23,25-27,29-35,39,41-44H,3,9-17H2,1-2,4-8H3,(H,38,40)/t20-,22-,23+,25-,26-,27-,29+,30-,31+,32-,33-,34-,35-,36-,37+/m1/s1. The van der Waals surface area contributed by atoms with Gasteiger partial charge in [-0.2, -0.15) is 0 Å². The van der Waals surface area contributed by atoms with Crippen LogP contribution < -0.4 is 5.32 Å². The number of hydrogen-bond acceptors (Lipinski definition) is 9. The predicted octanol–water partition coefficient (Wildman–Crippen LogP) is 3.23. The highest BCUT2D eigenvalue weighted by atomic mass is 16.7. The van der Waals surface area contributed by atoms with Crippen molar-refractivity contribution in [2.24, 2.45) is 40.4 Å². The van der Waals surface area contributed by atoms with Crippen LogP contribution in [0.1, 0.15) is 92.9 Å². The van der Waals surface area contributed by atoms with Gasteiger partial charge in [0.2, 0.25) is 5.91 Å². The van der Waals surface area contributed by atoms with E-state index in [1.807, 2.05) is 0 Å². The van der Waals surface area contributed by atoms with Gasteiger partial charge in [-0.15, -0.1) is 0 Å². The number of allylic oxidation sites excluding steroid dienone is 1. The van der Waals surface area contributed by atoms with Gasteiger partial charge in [-0.1, -0.05) is 52.3 Å². The fraction of sp³-hybridized carbons (Fsp3) is 0.865. The molecule has 1 aliphatic heterocycles. The van der Waals surface area contributed by atoms with Crippen LogP contribution >= 0.6 is 0 Å². The van der Waals surface area contributed by atoms with Crippen LogP contribution in [0.5, 0.6) is 0 Å². The lowest BCUT2D eigenvalue weighted by Crippen LogP contribution is -2.65. The second kappa shape index (κ2) is 14.1. The van der Waals surface area contributed by atoms with Crippen LogP contribution in [0.3, 0.4) is 0 Å². The van der Waals surface area contributed by atoms with Crippen molar-refractivity contribution in [2.75, 3.05) is 13.7 Å². The van der Waals surface area contributed by atoms with Crippen LogP contribution in [0.2, 0.25) is 0 Å². The van der Waals surface area contributed by atoms with Gasteiger partial charge in [0.25, 0.3) is 0 Å². The zero-order valence-corrected chi connectivity index (χ0v) is 29.5. The van der Waals surface area contributed by atoms with Crippen molar-refractivity contribution in [3.63, 3.8) is 0 Å². The molecular formula is C37H61NO9. The smallest absolute Gasteiger partial charge is 0.217 e. The summed E-state index contributed by atoms with van der Waals surface area (Å²) in [7, 11) is 1.43. The lowest BCUT2D eigenvalue weighted by molar-refractivity contribution is -0.290. The summed E-state index contributed by atoms with van der Waals surface area (Å²) in [4.78, 5) is 12.3. The van der Waals surface area contributed by atoms with Crippen LogP contribution in [-0.4, -0.2) is 100 Å². The third-order valence-electron chi connectivity index (χ3n) is 13.3. The van der Waals surface area contributed by atoms with E-state index in [1.165, 1.54) is 19.6 Å². The molecule has 0 aromatic carbocycles. The molecule has 5 aliphatic rings. The van der Waals surface area contributed by atoms with Crippen molar-refractivity contribution in [3.8, 4) is 0 Å². The van der Waals surface area contributed by atoms with Gasteiger partial charge in [-0.25, -0.2) is 0 Å². The van der Waals surface area contributed by atoms with Crippen LogP contribution in [0.25, 0.3) is 0 Å². The van der Waals surface area contributed by atoms with Crippen molar-refractivity contribution in [2.45, 2.75) is 148 Å². The summed E-state index contributed by atoms with van der Waals surface area (Å²) in [5, 5.41) is 58.2. The van der Waals surface area contributed by atoms with Gasteiger partial charge >= 0.3 is 0 Å². The van der Waals surface area contributed by atoms with Crippen LogP contribution in [0, 0.1) is 40.4 Å². The van der Waals surface area contributed by atoms with Gasteiger partial charge in [-0.3, -0.25) is 4.79 Å². The van der Waals surface area contributed by atoms with Crippen molar-refractivity contribution in [1.82, 2.24) is 5.32 Å². The quantitative estimate of drug-likeness (QED) is 0.193. The Kier molecular flexibility index (Phi) is 11.1. The lowest BCUT2D eigenvalue weighted by atomic mass is 9.47. The highest BCUT2D eigenvalue weighted by Crippen LogP contribution is 2.66. The van der Waals surface area contributed by atoms with E-state index in [0.29, 0.717) is 25.2 Å². The molecule has 1 saturated heterocycles.